The Labute approximate surface area is 248 Å². The maximum Gasteiger partial charge on any atom is 0.240 e. The van der Waals surface area contributed by atoms with Crippen LogP contribution in [0.2, 0.25) is 0 Å². The van der Waals surface area contributed by atoms with Gasteiger partial charge in [0, 0.05) is 23.2 Å². The molecule has 42 heavy (non-hydrogen) atoms. The third-order valence-electron chi connectivity index (χ3n) is 12.4. The molecule has 0 aromatic heterocycles. The van der Waals surface area contributed by atoms with E-state index in [9.17, 15) is 21.6 Å². The van der Waals surface area contributed by atoms with Gasteiger partial charge in [0.1, 0.15) is 0 Å². The van der Waals surface area contributed by atoms with Crippen LogP contribution in [0.1, 0.15) is 80.1 Å². The first kappa shape index (κ1) is 26.3. The summed E-state index contributed by atoms with van der Waals surface area (Å²) in [4.78, 5) is 13.8. The van der Waals surface area contributed by atoms with Crippen LogP contribution in [-0.2, 0) is 20.0 Å². The number of sulfonamides is 2. The quantitative estimate of drug-likeness (QED) is 0.406. The molecule has 0 aliphatic heterocycles. The van der Waals surface area contributed by atoms with E-state index in [0.717, 1.165) is 75.0 Å². The average molecular weight is 607 g/mol. The standard InChI is InChI=1S/C33H38N2O5S2/c36-33-29-15-25(41(37,38)34-31-21-7-17-5-18(9-21)10-22(31)8-17)1-3-27(29)28-4-2-26(16-30(28)33)42(39,40)35-32-23-11-19-6-20(13-23)14-24(32)12-19/h1-4,15-24,31-32,34-35H,5-14H2. The summed E-state index contributed by atoms with van der Waals surface area (Å²) in [7, 11) is -7.60. The predicted octanol–water partition coefficient (Wildman–Crippen LogP) is 5.10. The lowest BCUT2D eigenvalue weighted by molar-refractivity contribution is -0.00559. The van der Waals surface area contributed by atoms with Crippen molar-refractivity contribution in [2.45, 2.75) is 86.1 Å². The number of ketones is 1. The van der Waals surface area contributed by atoms with Gasteiger partial charge >= 0.3 is 0 Å². The summed E-state index contributed by atoms with van der Waals surface area (Å²) in [5, 5.41) is 0. The molecule has 9 aliphatic carbocycles. The van der Waals surface area contributed by atoms with Crippen LogP contribution in [-0.4, -0.2) is 34.7 Å². The summed E-state index contributed by atoms with van der Waals surface area (Å²) in [6.45, 7) is 0. The van der Waals surface area contributed by atoms with Crippen molar-refractivity contribution in [3.05, 3.63) is 47.5 Å². The smallest absolute Gasteiger partial charge is 0.240 e. The Morgan fingerprint density at radius 2 is 0.810 bits per heavy atom. The molecule has 2 N–H and O–H groups in total. The number of fused-ring (bicyclic) bond motifs is 3. The molecule has 0 heterocycles. The van der Waals surface area contributed by atoms with E-state index < -0.39 is 20.0 Å². The van der Waals surface area contributed by atoms with Crippen LogP contribution in [0.4, 0.5) is 0 Å². The largest absolute Gasteiger partial charge is 0.289 e. The Kier molecular flexibility index (Phi) is 5.64. The molecule has 8 fully saturated rings. The number of nitrogens with one attached hydrogen (secondary N) is 2. The summed E-state index contributed by atoms with van der Waals surface area (Å²) < 4.78 is 60.4. The summed E-state index contributed by atoms with van der Waals surface area (Å²) >= 11 is 0. The Morgan fingerprint density at radius 1 is 0.476 bits per heavy atom. The Morgan fingerprint density at radius 3 is 1.14 bits per heavy atom. The first-order valence-corrected chi connectivity index (χ1v) is 19.0. The minimum atomic E-state index is -3.80. The van der Waals surface area contributed by atoms with Crippen LogP contribution >= 0.6 is 0 Å². The molecule has 0 unspecified atom stereocenters. The van der Waals surface area contributed by atoms with Crippen LogP contribution in [0.3, 0.4) is 0 Å². The van der Waals surface area contributed by atoms with Gasteiger partial charge in [0.15, 0.2) is 5.78 Å². The Bertz CT molecular complexity index is 1550. The van der Waals surface area contributed by atoms with Gasteiger partial charge in [0.05, 0.1) is 9.79 Å². The average Bonchev–Trinajstić information content (AvgIpc) is 3.23. The highest BCUT2D eigenvalue weighted by Crippen LogP contribution is 2.55. The van der Waals surface area contributed by atoms with E-state index in [0.29, 0.717) is 45.9 Å². The maximum atomic E-state index is 13.6. The van der Waals surface area contributed by atoms with Crippen molar-refractivity contribution in [1.82, 2.24) is 9.44 Å². The molecular weight excluding hydrogens is 569 g/mol. The van der Waals surface area contributed by atoms with Crippen molar-refractivity contribution in [2.75, 3.05) is 0 Å². The van der Waals surface area contributed by atoms with E-state index in [1.807, 2.05) is 0 Å². The second kappa shape index (κ2) is 8.99. The number of carbonyl (C=O) groups excluding carboxylic acids is 1. The minimum absolute atomic E-state index is 0.0290. The fourth-order valence-corrected chi connectivity index (χ4v) is 13.9. The molecule has 0 spiro atoms. The van der Waals surface area contributed by atoms with Crippen LogP contribution in [0.25, 0.3) is 11.1 Å². The van der Waals surface area contributed by atoms with E-state index in [4.69, 9.17) is 0 Å². The maximum absolute atomic E-state index is 13.6. The second-order valence-corrected chi connectivity index (χ2v) is 18.3. The number of benzene rings is 2. The molecule has 9 heteroatoms. The van der Waals surface area contributed by atoms with E-state index >= 15 is 0 Å². The van der Waals surface area contributed by atoms with Gasteiger partial charge in [-0.3, -0.25) is 4.79 Å². The monoisotopic (exact) mass is 606 g/mol. The van der Waals surface area contributed by atoms with Gasteiger partial charge in [-0.2, -0.15) is 0 Å². The Hall–Kier alpha value is -2.07. The zero-order valence-corrected chi connectivity index (χ0v) is 25.3. The Balaban J connectivity index is 0.966. The van der Waals surface area contributed by atoms with Gasteiger partial charge in [-0.1, -0.05) is 12.1 Å². The number of hydrogen-bond acceptors (Lipinski definition) is 5. The van der Waals surface area contributed by atoms with Crippen LogP contribution < -0.4 is 9.44 Å². The van der Waals surface area contributed by atoms with Crippen LogP contribution in [0.15, 0.2) is 46.2 Å². The van der Waals surface area contributed by atoms with Gasteiger partial charge in [-0.05, 0) is 147 Å². The van der Waals surface area contributed by atoms with E-state index in [1.165, 1.54) is 25.0 Å². The molecule has 11 rings (SSSR count). The van der Waals surface area contributed by atoms with Crippen molar-refractivity contribution >= 4 is 25.8 Å². The predicted molar refractivity (Wildman–Crippen MR) is 158 cm³/mol. The van der Waals surface area contributed by atoms with E-state index in [2.05, 4.69) is 9.44 Å². The van der Waals surface area contributed by atoms with E-state index in [-0.39, 0.29) is 27.7 Å². The SMILES string of the molecule is O=C1c2cc(S(=O)(=O)NC3C4CC5CC(C4)CC3C5)ccc2-c2ccc(S(=O)(=O)NC3C4CC5CC(C4)CC3C5)cc21. The first-order valence-electron chi connectivity index (χ1n) is 16.0. The number of rotatable bonds is 6. The molecule has 222 valence electrons. The highest BCUT2D eigenvalue weighted by atomic mass is 32.2. The van der Waals surface area contributed by atoms with Crippen LogP contribution in [0.5, 0.6) is 0 Å². The number of carbonyl (C=O) groups is 1. The highest BCUT2D eigenvalue weighted by molar-refractivity contribution is 7.89. The summed E-state index contributed by atoms with van der Waals surface area (Å²) in [6, 6.07) is 9.47. The van der Waals surface area contributed by atoms with Crippen molar-refractivity contribution in [3.63, 3.8) is 0 Å². The molecule has 0 atom stereocenters. The first-order chi connectivity index (χ1) is 20.1. The van der Waals surface area contributed by atoms with Gasteiger partial charge in [0.2, 0.25) is 20.0 Å². The molecule has 2 aromatic carbocycles. The lowest BCUT2D eigenvalue weighted by Gasteiger charge is -2.54. The van der Waals surface area contributed by atoms with Crippen LogP contribution in [0, 0.1) is 47.3 Å². The molecule has 0 amide bonds. The fourth-order valence-electron chi connectivity index (χ4n) is 11.1. The second-order valence-electron chi connectivity index (χ2n) is 14.9. The van der Waals surface area contributed by atoms with Crippen molar-refractivity contribution in [3.8, 4) is 11.1 Å². The lowest BCUT2D eigenvalue weighted by atomic mass is 9.54. The summed E-state index contributed by atoms with van der Waals surface area (Å²) in [5.41, 5.74) is 1.95. The molecule has 2 aromatic rings. The zero-order valence-electron chi connectivity index (χ0n) is 23.7. The molecule has 8 bridgehead atoms. The zero-order chi connectivity index (χ0) is 28.5. The third-order valence-corrected chi connectivity index (χ3v) is 15.3. The van der Waals surface area contributed by atoms with Crippen molar-refractivity contribution in [1.29, 1.82) is 0 Å². The van der Waals surface area contributed by atoms with Gasteiger partial charge < -0.3 is 0 Å². The normalized spacial score (nSPS) is 39.1. The van der Waals surface area contributed by atoms with Gasteiger partial charge in [-0.15, -0.1) is 0 Å². The molecule has 0 radical (unpaired) electrons. The van der Waals surface area contributed by atoms with E-state index in [1.54, 1.807) is 24.3 Å². The van der Waals surface area contributed by atoms with Gasteiger partial charge in [0.25, 0.3) is 0 Å². The summed E-state index contributed by atoms with van der Waals surface area (Å²) in [6.07, 6.45) is 11.5. The number of hydrogen-bond donors (Lipinski definition) is 2. The molecule has 0 saturated heterocycles. The topological polar surface area (TPSA) is 109 Å². The fraction of sp³-hybridized carbons (Fsp3) is 0.606. The molecule has 9 aliphatic rings. The van der Waals surface area contributed by atoms with Crippen molar-refractivity contribution < 1.29 is 21.6 Å². The molecule has 8 saturated carbocycles. The lowest BCUT2D eigenvalue weighted by Crippen LogP contribution is -2.55. The highest BCUT2D eigenvalue weighted by Gasteiger charge is 2.50. The molecular formula is C33H38N2O5S2. The summed E-state index contributed by atoms with van der Waals surface area (Å²) in [5.74, 6) is 4.31. The van der Waals surface area contributed by atoms with Crippen molar-refractivity contribution in [2.24, 2.45) is 47.3 Å². The minimum Gasteiger partial charge on any atom is -0.289 e. The third kappa shape index (κ3) is 3.99. The molecule has 7 nitrogen and oxygen atoms in total. The van der Waals surface area contributed by atoms with Gasteiger partial charge in [-0.25, -0.2) is 26.3 Å².